The number of carbonyl (C=O) groups is 1. The number of amides is 1. The molecule has 0 saturated carbocycles. The van der Waals surface area contributed by atoms with E-state index in [9.17, 15) is 4.79 Å². The molecule has 1 aliphatic rings. The van der Waals surface area contributed by atoms with E-state index in [-0.39, 0.29) is 5.91 Å². The van der Waals surface area contributed by atoms with Crippen LogP contribution in [0.15, 0.2) is 66.2 Å². The molecular formula is C23H21N3OS. The first kappa shape index (κ1) is 17.3. The van der Waals surface area contributed by atoms with Crippen LogP contribution in [-0.2, 0) is 6.54 Å². The summed E-state index contributed by atoms with van der Waals surface area (Å²) in [6.07, 6.45) is 0. The lowest BCUT2D eigenvalue weighted by Crippen LogP contribution is -2.48. The molecule has 0 bridgehead atoms. The number of fused-ring (bicyclic) bond motifs is 2. The highest BCUT2D eigenvalue weighted by Gasteiger charge is 2.22. The Kier molecular flexibility index (Phi) is 4.55. The van der Waals surface area contributed by atoms with Gasteiger partial charge in [-0.3, -0.25) is 9.69 Å². The second-order valence-corrected chi connectivity index (χ2v) is 8.13. The van der Waals surface area contributed by atoms with Crippen LogP contribution < -0.4 is 0 Å². The first-order valence-electron chi connectivity index (χ1n) is 9.59. The second kappa shape index (κ2) is 7.34. The Morgan fingerprint density at radius 1 is 0.964 bits per heavy atom. The van der Waals surface area contributed by atoms with Crippen molar-refractivity contribution in [2.45, 2.75) is 6.54 Å². The topological polar surface area (TPSA) is 36.4 Å². The van der Waals surface area contributed by atoms with Gasteiger partial charge in [0.05, 0.1) is 15.7 Å². The number of nitrogens with zero attached hydrogens (tertiary/aromatic N) is 3. The van der Waals surface area contributed by atoms with Crippen molar-refractivity contribution in [1.29, 1.82) is 0 Å². The normalized spacial score (nSPS) is 15.4. The van der Waals surface area contributed by atoms with Gasteiger partial charge < -0.3 is 4.90 Å². The lowest BCUT2D eigenvalue weighted by Gasteiger charge is -2.35. The number of thiazole rings is 1. The van der Waals surface area contributed by atoms with Crippen LogP contribution in [0.25, 0.3) is 21.0 Å². The van der Waals surface area contributed by atoms with Crippen molar-refractivity contribution < 1.29 is 4.79 Å². The Morgan fingerprint density at radius 3 is 2.68 bits per heavy atom. The fourth-order valence-electron chi connectivity index (χ4n) is 3.95. The average Bonchev–Trinajstić information content (AvgIpc) is 3.22. The van der Waals surface area contributed by atoms with E-state index in [0.29, 0.717) is 0 Å². The summed E-state index contributed by atoms with van der Waals surface area (Å²) in [6, 6.07) is 20.9. The van der Waals surface area contributed by atoms with Gasteiger partial charge in [0.25, 0.3) is 5.91 Å². The van der Waals surface area contributed by atoms with Crippen LogP contribution in [-0.4, -0.2) is 46.9 Å². The van der Waals surface area contributed by atoms with Crippen LogP contribution >= 0.6 is 11.3 Å². The molecule has 4 aromatic rings. The predicted octanol–water partition coefficient (Wildman–Crippen LogP) is 4.41. The molecule has 0 aliphatic carbocycles. The van der Waals surface area contributed by atoms with Gasteiger partial charge in [-0.05, 0) is 34.5 Å². The van der Waals surface area contributed by atoms with E-state index in [4.69, 9.17) is 0 Å². The molecule has 0 N–H and O–H groups in total. The van der Waals surface area contributed by atoms with Gasteiger partial charge in [-0.2, -0.15) is 0 Å². The number of carbonyl (C=O) groups excluding carboxylic acids is 1. The predicted molar refractivity (Wildman–Crippen MR) is 115 cm³/mol. The Labute approximate surface area is 168 Å². The monoisotopic (exact) mass is 387 g/mol. The maximum Gasteiger partial charge on any atom is 0.253 e. The second-order valence-electron chi connectivity index (χ2n) is 7.24. The molecule has 0 unspecified atom stereocenters. The highest BCUT2D eigenvalue weighted by Crippen LogP contribution is 2.22. The highest BCUT2D eigenvalue weighted by molar-refractivity contribution is 7.16. The molecule has 5 rings (SSSR count). The lowest BCUT2D eigenvalue weighted by molar-refractivity contribution is 0.0629. The maximum absolute atomic E-state index is 12.9. The van der Waals surface area contributed by atoms with E-state index in [1.54, 1.807) is 11.3 Å². The molecule has 3 aromatic carbocycles. The maximum atomic E-state index is 12.9. The van der Waals surface area contributed by atoms with Gasteiger partial charge in [-0.15, -0.1) is 11.3 Å². The van der Waals surface area contributed by atoms with Crippen molar-refractivity contribution in [3.05, 3.63) is 77.3 Å². The zero-order valence-electron chi connectivity index (χ0n) is 15.5. The zero-order valence-corrected chi connectivity index (χ0v) is 16.4. The Balaban J connectivity index is 1.26. The summed E-state index contributed by atoms with van der Waals surface area (Å²) >= 11 is 1.58. The van der Waals surface area contributed by atoms with E-state index in [0.717, 1.165) is 48.5 Å². The Morgan fingerprint density at radius 2 is 1.79 bits per heavy atom. The third-order valence-electron chi connectivity index (χ3n) is 5.51. The van der Waals surface area contributed by atoms with E-state index in [1.165, 1.54) is 16.3 Å². The molecule has 1 saturated heterocycles. The zero-order chi connectivity index (χ0) is 18.9. The fourth-order valence-corrected chi connectivity index (χ4v) is 4.67. The molecule has 1 aliphatic heterocycles. The quantitative estimate of drug-likeness (QED) is 0.523. The molecule has 28 heavy (non-hydrogen) atoms. The number of benzene rings is 3. The van der Waals surface area contributed by atoms with Gasteiger partial charge >= 0.3 is 0 Å². The van der Waals surface area contributed by atoms with Crippen LogP contribution in [0.1, 0.15) is 15.9 Å². The van der Waals surface area contributed by atoms with E-state index >= 15 is 0 Å². The van der Waals surface area contributed by atoms with Crippen molar-refractivity contribution in [1.82, 2.24) is 14.8 Å². The fraction of sp³-hybridized carbons (Fsp3) is 0.217. The lowest BCUT2D eigenvalue weighted by atomic mass is 10.0. The molecule has 5 heteroatoms. The minimum Gasteiger partial charge on any atom is -0.336 e. The number of hydrogen-bond acceptors (Lipinski definition) is 4. The van der Waals surface area contributed by atoms with Crippen molar-refractivity contribution in [2.75, 3.05) is 26.2 Å². The first-order chi connectivity index (χ1) is 13.8. The summed E-state index contributed by atoms with van der Waals surface area (Å²) in [5, 5.41) is 2.61. The third-order valence-corrected chi connectivity index (χ3v) is 6.30. The molecule has 140 valence electrons. The van der Waals surface area contributed by atoms with Gasteiger partial charge in [0, 0.05) is 38.3 Å². The molecule has 0 atom stereocenters. The summed E-state index contributed by atoms with van der Waals surface area (Å²) in [5.41, 5.74) is 4.90. The van der Waals surface area contributed by atoms with Crippen LogP contribution in [0, 0.1) is 0 Å². The molecule has 2 heterocycles. The molecule has 0 radical (unpaired) electrons. The minimum atomic E-state index is 0.125. The number of hydrogen-bond donors (Lipinski definition) is 0. The summed E-state index contributed by atoms with van der Waals surface area (Å²) in [4.78, 5) is 21.6. The SMILES string of the molecule is O=C(c1ccc2ncsc2c1)N1CCN(Cc2cccc3ccccc23)CC1. The summed E-state index contributed by atoms with van der Waals surface area (Å²) in [5.74, 6) is 0.125. The van der Waals surface area contributed by atoms with Crippen molar-refractivity contribution >= 4 is 38.2 Å². The van der Waals surface area contributed by atoms with Crippen molar-refractivity contribution in [3.8, 4) is 0 Å². The first-order valence-corrected chi connectivity index (χ1v) is 10.5. The summed E-state index contributed by atoms with van der Waals surface area (Å²) in [7, 11) is 0. The number of rotatable bonds is 3. The van der Waals surface area contributed by atoms with Gasteiger partial charge in [0.1, 0.15) is 0 Å². The van der Waals surface area contributed by atoms with E-state index in [1.807, 2.05) is 28.6 Å². The largest absolute Gasteiger partial charge is 0.336 e. The third kappa shape index (κ3) is 3.28. The smallest absolute Gasteiger partial charge is 0.253 e. The van der Waals surface area contributed by atoms with Crippen LogP contribution in [0.3, 0.4) is 0 Å². The summed E-state index contributed by atoms with van der Waals surface area (Å²) < 4.78 is 1.07. The molecule has 1 amide bonds. The number of aromatic nitrogens is 1. The van der Waals surface area contributed by atoms with E-state index in [2.05, 4.69) is 52.3 Å². The minimum absolute atomic E-state index is 0.125. The highest BCUT2D eigenvalue weighted by atomic mass is 32.1. The van der Waals surface area contributed by atoms with E-state index < -0.39 is 0 Å². The van der Waals surface area contributed by atoms with Crippen LogP contribution in [0.5, 0.6) is 0 Å². The van der Waals surface area contributed by atoms with Crippen LogP contribution in [0.2, 0.25) is 0 Å². The van der Waals surface area contributed by atoms with Crippen molar-refractivity contribution in [2.24, 2.45) is 0 Å². The molecular weight excluding hydrogens is 366 g/mol. The molecule has 1 aromatic heterocycles. The molecule has 1 fully saturated rings. The average molecular weight is 388 g/mol. The number of piperazine rings is 1. The van der Waals surface area contributed by atoms with Crippen molar-refractivity contribution in [3.63, 3.8) is 0 Å². The Bertz CT molecular complexity index is 1140. The Hall–Kier alpha value is -2.76. The van der Waals surface area contributed by atoms with Gasteiger partial charge in [-0.1, -0.05) is 42.5 Å². The van der Waals surface area contributed by atoms with Gasteiger partial charge in [-0.25, -0.2) is 4.98 Å². The van der Waals surface area contributed by atoms with Gasteiger partial charge in [0.2, 0.25) is 0 Å². The van der Waals surface area contributed by atoms with Crippen LogP contribution in [0.4, 0.5) is 0 Å². The molecule has 4 nitrogen and oxygen atoms in total. The summed E-state index contributed by atoms with van der Waals surface area (Å²) in [6.45, 7) is 4.26. The molecule has 0 spiro atoms. The standard InChI is InChI=1S/C23H21N3OS/c27-23(18-8-9-21-22(14-18)28-16-24-21)26-12-10-25(11-13-26)15-19-6-3-5-17-4-1-2-7-20(17)19/h1-9,14,16H,10-13,15H2. The van der Waals surface area contributed by atoms with Gasteiger partial charge in [0.15, 0.2) is 0 Å².